The SMILES string of the molecule is C=C(CC)[C@@H](C(CC(=O)N1CCC[C@H]1[C@H](OC)[C@@H](C)C(=O)N[C@H](CC(=O)O)Cc1ccccc1)OC)N(C)C(=O)[C@@H](NC(=O)[C@H](C(C)C)N1CCNCC1)C(C)C. The van der Waals surface area contributed by atoms with Crippen LogP contribution in [0.1, 0.15) is 79.2 Å². The van der Waals surface area contributed by atoms with Crippen molar-refractivity contribution < 1.29 is 38.6 Å². The van der Waals surface area contributed by atoms with Crippen molar-refractivity contribution in [1.29, 1.82) is 0 Å². The number of carbonyl (C=O) groups excluding carboxylic acids is 4. The predicted octanol–water partition coefficient (Wildman–Crippen LogP) is 3.10. The van der Waals surface area contributed by atoms with Crippen molar-refractivity contribution in [2.75, 3.05) is 54.0 Å². The van der Waals surface area contributed by atoms with Gasteiger partial charge in [-0.3, -0.25) is 28.9 Å². The second-order valence-corrected chi connectivity index (χ2v) is 16.4. The topological polar surface area (TPSA) is 170 Å². The first-order valence-corrected chi connectivity index (χ1v) is 20.7. The van der Waals surface area contributed by atoms with E-state index >= 15 is 0 Å². The standard InChI is InChI=1S/C43H70N6O8/c1-11-29(6)39(47(8)43(55)37(27(2)3)46-42(54)38(28(4)5)48-22-19-44-20-23-48)34(56-9)26-35(50)49-21-15-18-33(49)40(57-10)30(7)41(53)45-32(25-36(51)52)24-31-16-13-12-14-17-31/h12-14,16-17,27-28,30,32-34,37-40,44H,6,11,15,18-26H2,1-5,7-10H3,(H,45,53)(H,46,54)(H,51,52)/t30-,32+,33+,34?,37+,38+,39+,40-/m1/s1. The van der Waals surface area contributed by atoms with Gasteiger partial charge in [0.25, 0.3) is 0 Å². The van der Waals surface area contributed by atoms with Crippen molar-refractivity contribution in [3.05, 3.63) is 48.0 Å². The van der Waals surface area contributed by atoms with Crippen LogP contribution >= 0.6 is 0 Å². The van der Waals surface area contributed by atoms with E-state index in [4.69, 9.17) is 9.47 Å². The quantitative estimate of drug-likeness (QED) is 0.128. The van der Waals surface area contributed by atoms with Crippen molar-refractivity contribution in [1.82, 2.24) is 30.7 Å². The number of benzene rings is 1. The molecule has 0 aromatic heterocycles. The monoisotopic (exact) mass is 799 g/mol. The first kappa shape index (κ1) is 47.5. The number of hydrogen-bond donors (Lipinski definition) is 4. The van der Waals surface area contributed by atoms with Crippen molar-refractivity contribution >= 4 is 29.6 Å². The summed E-state index contributed by atoms with van der Waals surface area (Å²) in [6.45, 7) is 19.4. The Labute approximate surface area is 340 Å². The minimum absolute atomic E-state index is 0.0400. The number of amides is 4. The number of methoxy groups -OCH3 is 2. The molecule has 1 aromatic rings. The third-order valence-electron chi connectivity index (χ3n) is 11.6. The van der Waals surface area contributed by atoms with Gasteiger partial charge in [0.15, 0.2) is 0 Å². The summed E-state index contributed by atoms with van der Waals surface area (Å²) in [6, 6.07) is 6.51. The fourth-order valence-electron chi connectivity index (χ4n) is 8.47. The number of ether oxygens (including phenoxy) is 2. The summed E-state index contributed by atoms with van der Waals surface area (Å²) in [5, 5.41) is 18.9. The molecule has 1 unspecified atom stereocenters. The molecule has 4 N–H and O–H groups in total. The largest absolute Gasteiger partial charge is 0.481 e. The fourth-order valence-corrected chi connectivity index (χ4v) is 8.47. The molecule has 1 aromatic carbocycles. The van der Waals surface area contributed by atoms with Gasteiger partial charge in [-0.2, -0.15) is 0 Å². The summed E-state index contributed by atoms with van der Waals surface area (Å²) < 4.78 is 11.9. The number of piperazine rings is 1. The van der Waals surface area contributed by atoms with Gasteiger partial charge >= 0.3 is 5.97 Å². The average Bonchev–Trinajstić information content (AvgIpc) is 3.66. The van der Waals surface area contributed by atoms with E-state index in [0.29, 0.717) is 37.8 Å². The molecule has 0 saturated carbocycles. The van der Waals surface area contributed by atoms with E-state index in [1.165, 1.54) is 14.2 Å². The highest BCUT2D eigenvalue weighted by atomic mass is 16.5. The molecule has 0 spiro atoms. The number of carbonyl (C=O) groups is 5. The van der Waals surface area contributed by atoms with E-state index in [9.17, 15) is 29.1 Å². The first-order valence-electron chi connectivity index (χ1n) is 20.7. The lowest BCUT2D eigenvalue weighted by molar-refractivity contribution is -0.146. The zero-order valence-corrected chi connectivity index (χ0v) is 35.8. The highest BCUT2D eigenvalue weighted by Gasteiger charge is 2.43. The summed E-state index contributed by atoms with van der Waals surface area (Å²) in [6.07, 6.45) is 0.523. The molecule has 0 aliphatic carbocycles. The lowest BCUT2D eigenvalue weighted by atomic mass is 9.92. The summed E-state index contributed by atoms with van der Waals surface area (Å²) in [5.41, 5.74) is 1.62. The number of hydrogen-bond acceptors (Lipinski definition) is 9. The number of nitrogens with zero attached hydrogens (tertiary/aromatic N) is 3. The van der Waals surface area contributed by atoms with Crippen LogP contribution in [-0.2, 0) is 39.9 Å². The number of likely N-dealkylation sites (N-methyl/N-ethyl adjacent to an activating group) is 1. The third kappa shape index (κ3) is 13.1. The van der Waals surface area contributed by atoms with Crippen molar-refractivity contribution in [3.63, 3.8) is 0 Å². The van der Waals surface area contributed by atoms with Crippen LogP contribution in [0.5, 0.6) is 0 Å². The van der Waals surface area contributed by atoms with Crippen LogP contribution in [-0.4, -0.2) is 146 Å². The summed E-state index contributed by atoms with van der Waals surface area (Å²) in [5.74, 6) is -2.91. The maximum Gasteiger partial charge on any atom is 0.305 e. The number of aliphatic carboxylic acids is 1. The average molecular weight is 799 g/mol. The predicted molar refractivity (Wildman–Crippen MR) is 220 cm³/mol. The van der Waals surface area contributed by atoms with Crippen LogP contribution in [0.3, 0.4) is 0 Å². The van der Waals surface area contributed by atoms with Crippen LogP contribution < -0.4 is 16.0 Å². The van der Waals surface area contributed by atoms with Gasteiger partial charge in [-0.05, 0) is 43.1 Å². The van der Waals surface area contributed by atoms with Crippen LogP contribution in [0.15, 0.2) is 42.5 Å². The van der Waals surface area contributed by atoms with Crippen LogP contribution in [0.2, 0.25) is 0 Å². The fraction of sp³-hybridized carbons (Fsp3) is 0.698. The van der Waals surface area contributed by atoms with Gasteiger partial charge in [0.2, 0.25) is 23.6 Å². The van der Waals surface area contributed by atoms with E-state index in [0.717, 1.165) is 31.7 Å². The summed E-state index contributed by atoms with van der Waals surface area (Å²) in [4.78, 5) is 73.3. The molecule has 14 nitrogen and oxygen atoms in total. The van der Waals surface area contributed by atoms with Gasteiger partial charge in [-0.25, -0.2) is 0 Å². The van der Waals surface area contributed by atoms with Crippen LogP contribution in [0, 0.1) is 17.8 Å². The number of carboxylic acid groups (broad SMARTS) is 1. The molecule has 57 heavy (non-hydrogen) atoms. The lowest BCUT2D eigenvalue weighted by Crippen LogP contribution is -2.61. The van der Waals surface area contributed by atoms with Gasteiger partial charge in [-0.15, -0.1) is 0 Å². The Morgan fingerprint density at radius 3 is 2.12 bits per heavy atom. The number of likely N-dealkylation sites (tertiary alicyclic amines) is 1. The number of rotatable bonds is 22. The number of carboxylic acids is 1. The van der Waals surface area contributed by atoms with E-state index in [1.807, 2.05) is 65.0 Å². The van der Waals surface area contributed by atoms with Gasteiger partial charge < -0.3 is 40.3 Å². The van der Waals surface area contributed by atoms with E-state index in [2.05, 4.69) is 27.4 Å². The molecule has 2 aliphatic heterocycles. The van der Waals surface area contributed by atoms with Gasteiger partial charge in [0, 0.05) is 60.0 Å². The molecule has 3 rings (SSSR count). The van der Waals surface area contributed by atoms with E-state index in [-0.39, 0.29) is 54.3 Å². The smallest absolute Gasteiger partial charge is 0.305 e. The minimum Gasteiger partial charge on any atom is -0.481 e. The van der Waals surface area contributed by atoms with Crippen LogP contribution in [0.25, 0.3) is 0 Å². The molecule has 2 aliphatic rings. The third-order valence-corrected chi connectivity index (χ3v) is 11.6. The molecular weight excluding hydrogens is 729 g/mol. The molecule has 8 atom stereocenters. The Morgan fingerprint density at radius 1 is 0.930 bits per heavy atom. The summed E-state index contributed by atoms with van der Waals surface area (Å²) >= 11 is 0. The first-order chi connectivity index (χ1) is 27.1. The normalized spacial score (nSPS) is 19.9. The Morgan fingerprint density at radius 2 is 1.58 bits per heavy atom. The highest BCUT2D eigenvalue weighted by molar-refractivity contribution is 5.90. The minimum atomic E-state index is -1.01. The van der Waals surface area contributed by atoms with Crippen LogP contribution in [0.4, 0.5) is 0 Å². The number of nitrogens with one attached hydrogen (secondary N) is 3. The maximum absolute atomic E-state index is 14.4. The molecule has 14 heteroatoms. The van der Waals surface area contributed by atoms with Crippen molar-refractivity contribution in [2.45, 2.75) is 122 Å². The Balaban J connectivity index is 1.78. The molecule has 2 heterocycles. The lowest BCUT2D eigenvalue weighted by Gasteiger charge is -2.40. The second-order valence-electron chi connectivity index (χ2n) is 16.4. The van der Waals surface area contributed by atoms with Gasteiger partial charge in [-0.1, -0.05) is 84.0 Å². The molecule has 2 saturated heterocycles. The molecule has 2 fully saturated rings. The molecule has 0 radical (unpaired) electrons. The zero-order chi connectivity index (χ0) is 42.4. The highest BCUT2D eigenvalue weighted by Crippen LogP contribution is 2.29. The second kappa shape index (κ2) is 22.9. The van der Waals surface area contributed by atoms with E-state index < -0.39 is 48.3 Å². The zero-order valence-electron chi connectivity index (χ0n) is 35.8. The van der Waals surface area contributed by atoms with Gasteiger partial charge in [0.05, 0.1) is 49.1 Å². The molecule has 4 amide bonds. The van der Waals surface area contributed by atoms with E-state index in [1.54, 1.807) is 23.8 Å². The Bertz CT molecular complexity index is 1480. The van der Waals surface area contributed by atoms with Crippen molar-refractivity contribution in [3.8, 4) is 0 Å². The molecular formula is C43H70N6O8. The van der Waals surface area contributed by atoms with Gasteiger partial charge in [0.1, 0.15) is 6.04 Å². The molecule has 0 bridgehead atoms. The maximum atomic E-state index is 14.4. The summed E-state index contributed by atoms with van der Waals surface area (Å²) in [7, 11) is 4.71. The Kier molecular flexibility index (Phi) is 19.1. The van der Waals surface area contributed by atoms with Crippen molar-refractivity contribution in [2.24, 2.45) is 17.8 Å². The Hall–Kier alpha value is -3.85. The molecule has 320 valence electrons.